The van der Waals surface area contributed by atoms with Crippen molar-refractivity contribution in [1.29, 1.82) is 0 Å². The molecule has 0 saturated carbocycles. The smallest absolute Gasteiger partial charge is 0.224 e. The normalized spacial score (nSPS) is 12.3. The Bertz CT molecular complexity index is 414. The lowest BCUT2D eigenvalue weighted by molar-refractivity contribution is -0.123. The average Bonchev–Trinajstić information content (AvgIpc) is 2.44. The third kappa shape index (κ3) is 5.21. The van der Waals surface area contributed by atoms with E-state index in [-0.39, 0.29) is 11.8 Å². The highest BCUT2D eigenvalue weighted by Crippen LogP contribution is 2.15. The molecule has 4 nitrogen and oxygen atoms in total. The first-order valence-corrected chi connectivity index (χ1v) is 7.19. The number of carbonyl (C=O) groups excluding carboxylic acids is 1. The number of benzene rings is 1. The maximum atomic E-state index is 11.5. The van der Waals surface area contributed by atoms with Crippen molar-refractivity contribution in [3.63, 3.8) is 0 Å². The number of rotatable bonds is 7. The van der Waals surface area contributed by atoms with Crippen molar-refractivity contribution < 1.29 is 4.79 Å². The minimum Gasteiger partial charge on any atom is -0.374 e. The van der Waals surface area contributed by atoms with Crippen LogP contribution in [0.2, 0.25) is 0 Å². The zero-order valence-corrected chi connectivity index (χ0v) is 13.2. The van der Waals surface area contributed by atoms with Gasteiger partial charge in [0.2, 0.25) is 5.91 Å². The minimum absolute atomic E-state index is 0.0210. The highest BCUT2D eigenvalue weighted by atomic mass is 16.1. The topological polar surface area (TPSA) is 44.4 Å². The van der Waals surface area contributed by atoms with E-state index in [0.29, 0.717) is 12.6 Å². The molecule has 20 heavy (non-hydrogen) atoms. The fourth-order valence-electron chi connectivity index (χ4n) is 2.04. The zero-order valence-electron chi connectivity index (χ0n) is 13.2. The summed E-state index contributed by atoms with van der Waals surface area (Å²) in [5, 5.41) is 6.08. The Balaban J connectivity index is 2.57. The van der Waals surface area contributed by atoms with Crippen LogP contribution in [-0.2, 0) is 11.3 Å². The van der Waals surface area contributed by atoms with Crippen molar-refractivity contribution in [3.05, 3.63) is 29.8 Å². The second-order valence-corrected chi connectivity index (χ2v) is 5.60. The molecule has 1 aromatic carbocycles. The van der Waals surface area contributed by atoms with Gasteiger partial charge < -0.3 is 15.5 Å². The standard InChI is InChI=1S/C16H27N3O/c1-12(2)18-10-14-6-8-15(9-7-14)19(5)11-13(3)16(20)17-4/h6-9,12-13,18H,10-11H2,1-5H3,(H,17,20). The number of nitrogens with zero attached hydrogens (tertiary/aromatic N) is 1. The van der Waals surface area contributed by atoms with Crippen molar-refractivity contribution in [2.75, 3.05) is 25.5 Å². The van der Waals surface area contributed by atoms with Gasteiger partial charge in [0.1, 0.15) is 0 Å². The first-order valence-electron chi connectivity index (χ1n) is 7.19. The molecule has 1 amide bonds. The van der Waals surface area contributed by atoms with Gasteiger partial charge in [0, 0.05) is 38.9 Å². The van der Waals surface area contributed by atoms with Crippen LogP contribution in [0.3, 0.4) is 0 Å². The summed E-state index contributed by atoms with van der Waals surface area (Å²) in [6.45, 7) is 7.82. The summed E-state index contributed by atoms with van der Waals surface area (Å²) < 4.78 is 0. The molecule has 0 bridgehead atoms. The molecule has 0 spiro atoms. The van der Waals surface area contributed by atoms with E-state index >= 15 is 0 Å². The van der Waals surface area contributed by atoms with E-state index in [4.69, 9.17) is 0 Å². The maximum Gasteiger partial charge on any atom is 0.224 e. The average molecular weight is 277 g/mol. The van der Waals surface area contributed by atoms with Crippen LogP contribution in [0.1, 0.15) is 26.3 Å². The van der Waals surface area contributed by atoms with Crippen LogP contribution in [0.5, 0.6) is 0 Å². The highest BCUT2D eigenvalue weighted by molar-refractivity contribution is 5.78. The second-order valence-electron chi connectivity index (χ2n) is 5.60. The van der Waals surface area contributed by atoms with Crippen molar-refractivity contribution in [3.8, 4) is 0 Å². The fraction of sp³-hybridized carbons (Fsp3) is 0.562. The summed E-state index contributed by atoms with van der Waals surface area (Å²) >= 11 is 0. The quantitative estimate of drug-likeness (QED) is 0.801. The van der Waals surface area contributed by atoms with Gasteiger partial charge in [0.25, 0.3) is 0 Å². The van der Waals surface area contributed by atoms with Crippen molar-refractivity contribution in [1.82, 2.24) is 10.6 Å². The number of amides is 1. The molecule has 0 aliphatic rings. The summed E-state index contributed by atoms with van der Waals surface area (Å²) in [6, 6.07) is 8.96. The number of hydrogen-bond donors (Lipinski definition) is 2. The van der Waals surface area contributed by atoms with E-state index in [1.807, 2.05) is 14.0 Å². The first kappa shape index (κ1) is 16.5. The molecule has 0 aromatic heterocycles. The second kappa shape index (κ2) is 7.90. The van der Waals surface area contributed by atoms with Gasteiger partial charge in [-0.3, -0.25) is 4.79 Å². The zero-order chi connectivity index (χ0) is 15.1. The van der Waals surface area contributed by atoms with E-state index < -0.39 is 0 Å². The Morgan fingerprint density at radius 3 is 2.30 bits per heavy atom. The maximum absolute atomic E-state index is 11.5. The molecule has 0 heterocycles. The summed E-state index contributed by atoms with van der Waals surface area (Å²) in [5.74, 6) is 0.0573. The van der Waals surface area contributed by atoms with E-state index in [1.54, 1.807) is 7.05 Å². The fourth-order valence-corrected chi connectivity index (χ4v) is 2.04. The van der Waals surface area contributed by atoms with Crippen LogP contribution < -0.4 is 15.5 Å². The van der Waals surface area contributed by atoms with Crippen LogP contribution in [0.25, 0.3) is 0 Å². The van der Waals surface area contributed by atoms with Gasteiger partial charge in [0.15, 0.2) is 0 Å². The van der Waals surface area contributed by atoms with Gasteiger partial charge in [-0.15, -0.1) is 0 Å². The van der Waals surface area contributed by atoms with Crippen LogP contribution in [-0.4, -0.2) is 32.6 Å². The molecule has 4 heteroatoms. The van der Waals surface area contributed by atoms with E-state index in [1.165, 1.54) is 5.56 Å². The lowest BCUT2D eigenvalue weighted by Crippen LogP contribution is -2.34. The van der Waals surface area contributed by atoms with Crippen LogP contribution in [0.15, 0.2) is 24.3 Å². The molecule has 112 valence electrons. The number of anilines is 1. The minimum atomic E-state index is -0.0210. The van der Waals surface area contributed by atoms with Crippen molar-refractivity contribution in [2.24, 2.45) is 5.92 Å². The molecule has 1 rings (SSSR count). The molecule has 0 radical (unpaired) electrons. The summed E-state index contributed by atoms with van der Waals surface area (Å²) in [7, 11) is 3.69. The lowest BCUT2D eigenvalue weighted by Gasteiger charge is -2.23. The lowest BCUT2D eigenvalue weighted by atomic mass is 10.1. The molecule has 1 unspecified atom stereocenters. The monoisotopic (exact) mass is 277 g/mol. The van der Waals surface area contributed by atoms with Gasteiger partial charge in [-0.1, -0.05) is 32.9 Å². The third-order valence-corrected chi connectivity index (χ3v) is 3.33. The molecule has 0 saturated heterocycles. The largest absolute Gasteiger partial charge is 0.374 e. The van der Waals surface area contributed by atoms with E-state index in [0.717, 1.165) is 12.2 Å². The van der Waals surface area contributed by atoms with Gasteiger partial charge >= 0.3 is 0 Å². The molecule has 2 N–H and O–H groups in total. The molecule has 0 aliphatic heterocycles. The molecule has 0 fully saturated rings. The van der Waals surface area contributed by atoms with E-state index in [9.17, 15) is 4.79 Å². The van der Waals surface area contributed by atoms with Crippen molar-refractivity contribution in [2.45, 2.75) is 33.4 Å². The van der Waals surface area contributed by atoms with Crippen LogP contribution >= 0.6 is 0 Å². The molecular formula is C16H27N3O. The molecular weight excluding hydrogens is 250 g/mol. The highest BCUT2D eigenvalue weighted by Gasteiger charge is 2.13. The number of nitrogens with one attached hydrogen (secondary N) is 2. The molecule has 1 aromatic rings. The van der Waals surface area contributed by atoms with E-state index in [2.05, 4.69) is 53.6 Å². The third-order valence-electron chi connectivity index (χ3n) is 3.33. The number of hydrogen-bond acceptors (Lipinski definition) is 3. The van der Waals surface area contributed by atoms with Crippen LogP contribution in [0, 0.1) is 5.92 Å². The molecule has 0 aliphatic carbocycles. The molecule has 1 atom stereocenters. The summed E-state index contributed by atoms with van der Waals surface area (Å²) in [4.78, 5) is 13.6. The van der Waals surface area contributed by atoms with Gasteiger partial charge in [-0.25, -0.2) is 0 Å². The Hall–Kier alpha value is -1.55. The first-order chi connectivity index (χ1) is 9.43. The van der Waals surface area contributed by atoms with Crippen LogP contribution in [0.4, 0.5) is 5.69 Å². The Labute approximate surface area is 122 Å². The van der Waals surface area contributed by atoms with Gasteiger partial charge in [-0.05, 0) is 17.7 Å². The predicted molar refractivity (Wildman–Crippen MR) is 84.9 cm³/mol. The Kier molecular flexibility index (Phi) is 6.52. The summed E-state index contributed by atoms with van der Waals surface area (Å²) in [5.41, 5.74) is 2.41. The Morgan fingerprint density at radius 2 is 1.80 bits per heavy atom. The van der Waals surface area contributed by atoms with Gasteiger partial charge in [0.05, 0.1) is 5.92 Å². The van der Waals surface area contributed by atoms with Gasteiger partial charge in [-0.2, -0.15) is 0 Å². The van der Waals surface area contributed by atoms with Crippen molar-refractivity contribution >= 4 is 11.6 Å². The SMILES string of the molecule is CNC(=O)C(C)CN(C)c1ccc(CNC(C)C)cc1. The number of carbonyl (C=O) groups is 1. The Morgan fingerprint density at radius 1 is 1.20 bits per heavy atom. The summed E-state index contributed by atoms with van der Waals surface area (Å²) in [6.07, 6.45) is 0. The predicted octanol–water partition coefficient (Wildman–Crippen LogP) is 2.00.